The number of amides is 2. The number of hydrogen-bond donors (Lipinski definition) is 2. The van der Waals surface area contributed by atoms with Crippen molar-refractivity contribution in [3.63, 3.8) is 0 Å². The van der Waals surface area contributed by atoms with E-state index in [4.69, 9.17) is 0 Å². The number of piperidine rings is 1. The molecule has 3 rings (SSSR count). The van der Waals surface area contributed by atoms with Crippen molar-refractivity contribution in [1.29, 1.82) is 0 Å². The van der Waals surface area contributed by atoms with Gasteiger partial charge < -0.3 is 15.1 Å². The van der Waals surface area contributed by atoms with Gasteiger partial charge in [0.15, 0.2) is 5.60 Å². The van der Waals surface area contributed by atoms with Crippen LogP contribution in [0.3, 0.4) is 0 Å². The van der Waals surface area contributed by atoms with E-state index in [1.807, 2.05) is 6.92 Å². The fraction of sp³-hybridized carbons (Fsp3) is 0.571. The summed E-state index contributed by atoms with van der Waals surface area (Å²) in [5.41, 5.74) is -0.272. The van der Waals surface area contributed by atoms with Crippen molar-refractivity contribution in [2.24, 2.45) is 11.0 Å². The van der Waals surface area contributed by atoms with E-state index in [-0.39, 0.29) is 24.3 Å². The number of likely N-dealkylation sites (tertiary alicyclic amines) is 1. The molecule has 0 saturated carbocycles. The van der Waals surface area contributed by atoms with E-state index in [0.717, 1.165) is 19.3 Å². The summed E-state index contributed by atoms with van der Waals surface area (Å²) < 4.78 is 0. The van der Waals surface area contributed by atoms with Crippen LogP contribution in [0.1, 0.15) is 56.8 Å². The molecule has 2 N–H and O–H groups in total. The molecule has 0 bridgehead atoms. The Morgan fingerprint density at radius 2 is 2.00 bits per heavy atom. The molecule has 0 unspecified atom stereocenters. The van der Waals surface area contributed by atoms with Crippen molar-refractivity contribution in [2.75, 3.05) is 18.1 Å². The van der Waals surface area contributed by atoms with Crippen LogP contribution in [-0.4, -0.2) is 57.4 Å². The van der Waals surface area contributed by atoms with Crippen LogP contribution in [0.4, 0.5) is 5.69 Å². The number of aliphatic hydroxyl groups excluding tert-OH is 1. The van der Waals surface area contributed by atoms with Gasteiger partial charge in [-0.05, 0) is 56.7 Å². The molecule has 1 saturated heterocycles. The lowest BCUT2D eigenvalue weighted by Crippen LogP contribution is -2.45. The number of hydrazone groups is 1. The van der Waals surface area contributed by atoms with Gasteiger partial charge in [-0.2, -0.15) is 10.1 Å². The zero-order valence-corrected chi connectivity index (χ0v) is 16.8. The largest absolute Gasteiger partial charge is 0.393 e. The molecule has 0 aromatic heterocycles. The van der Waals surface area contributed by atoms with E-state index in [2.05, 4.69) is 5.10 Å². The zero-order valence-electron chi connectivity index (χ0n) is 16.8. The van der Waals surface area contributed by atoms with Crippen LogP contribution >= 0.6 is 0 Å². The van der Waals surface area contributed by atoms with Gasteiger partial charge in [0.05, 0.1) is 17.5 Å². The van der Waals surface area contributed by atoms with Gasteiger partial charge in [0.25, 0.3) is 11.8 Å². The van der Waals surface area contributed by atoms with Crippen molar-refractivity contribution in [2.45, 2.75) is 58.2 Å². The van der Waals surface area contributed by atoms with Crippen molar-refractivity contribution in [1.82, 2.24) is 4.90 Å². The summed E-state index contributed by atoms with van der Waals surface area (Å²) in [5.74, 6) is -0.345. The number of nitrogens with zero attached hydrogens (tertiary/aromatic N) is 3. The Kier molecular flexibility index (Phi) is 5.86. The highest BCUT2D eigenvalue weighted by atomic mass is 16.3. The smallest absolute Gasteiger partial charge is 0.285 e. The molecule has 2 atom stereocenters. The summed E-state index contributed by atoms with van der Waals surface area (Å²) in [7, 11) is 0. The highest BCUT2D eigenvalue weighted by molar-refractivity contribution is 6.21. The second-order valence-corrected chi connectivity index (χ2v) is 7.67. The van der Waals surface area contributed by atoms with Gasteiger partial charge in [0.1, 0.15) is 0 Å². The average Bonchev–Trinajstić information content (AvgIpc) is 2.97. The Labute approximate surface area is 165 Å². The predicted molar refractivity (Wildman–Crippen MR) is 107 cm³/mol. The average molecular weight is 387 g/mol. The Morgan fingerprint density at radius 3 is 2.57 bits per heavy atom. The quantitative estimate of drug-likeness (QED) is 0.810. The molecule has 2 heterocycles. The third-order valence-corrected chi connectivity index (χ3v) is 6.03. The summed E-state index contributed by atoms with van der Waals surface area (Å²) in [5, 5.41) is 25.9. The van der Waals surface area contributed by atoms with Gasteiger partial charge in [-0.15, -0.1) is 0 Å². The number of benzene rings is 1. The molecule has 28 heavy (non-hydrogen) atoms. The van der Waals surface area contributed by atoms with E-state index in [1.165, 1.54) is 5.01 Å². The Balaban J connectivity index is 1.74. The first-order valence-electron chi connectivity index (χ1n) is 10.0. The van der Waals surface area contributed by atoms with E-state index in [9.17, 15) is 19.8 Å². The maximum Gasteiger partial charge on any atom is 0.285 e. The molecule has 1 aromatic rings. The lowest BCUT2D eigenvalue weighted by atomic mass is 9.90. The first-order valence-corrected chi connectivity index (χ1v) is 10.0. The minimum Gasteiger partial charge on any atom is -0.393 e. The molecule has 2 aliphatic heterocycles. The first kappa shape index (κ1) is 20.5. The van der Waals surface area contributed by atoms with Crippen molar-refractivity contribution >= 4 is 23.2 Å². The van der Waals surface area contributed by atoms with Crippen LogP contribution in [0.2, 0.25) is 0 Å². The van der Waals surface area contributed by atoms with Crippen molar-refractivity contribution in [3.05, 3.63) is 29.8 Å². The van der Waals surface area contributed by atoms with Gasteiger partial charge in [-0.25, -0.2) is 0 Å². The molecule has 7 nitrogen and oxygen atoms in total. The predicted octanol–water partition coefficient (Wildman–Crippen LogP) is 2.17. The Bertz CT molecular complexity index is 786. The van der Waals surface area contributed by atoms with E-state index >= 15 is 0 Å². The van der Waals surface area contributed by atoms with Gasteiger partial charge in [0, 0.05) is 18.7 Å². The van der Waals surface area contributed by atoms with Gasteiger partial charge in [-0.1, -0.05) is 19.9 Å². The highest BCUT2D eigenvalue weighted by Crippen LogP contribution is 2.30. The molecule has 1 fully saturated rings. The lowest BCUT2D eigenvalue weighted by Gasteiger charge is -2.34. The monoisotopic (exact) mass is 387 g/mol. The maximum absolute atomic E-state index is 12.9. The molecule has 152 valence electrons. The van der Waals surface area contributed by atoms with Crippen LogP contribution in [-0.2, 0) is 4.79 Å². The second kappa shape index (κ2) is 8.01. The number of anilines is 1. The van der Waals surface area contributed by atoms with E-state index in [0.29, 0.717) is 30.1 Å². The third-order valence-electron chi connectivity index (χ3n) is 6.03. The molecule has 7 heteroatoms. The Hall–Kier alpha value is -2.25. The molecule has 1 aromatic carbocycles. The summed E-state index contributed by atoms with van der Waals surface area (Å²) in [6.07, 6.45) is 2.25. The van der Waals surface area contributed by atoms with Crippen LogP contribution in [0.15, 0.2) is 29.4 Å². The van der Waals surface area contributed by atoms with E-state index in [1.54, 1.807) is 43.0 Å². The third kappa shape index (κ3) is 3.56. The molecular formula is C21H29N3O4. The zero-order chi connectivity index (χ0) is 20.5. The summed E-state index contributed by atoms with van der Waals surface area (Å²) in [6, 6.07) is 6.79. The number of rotatable bonds is 5. The minimum atomic E-state index is -1.58. The fourth-order valence-corrected chi connectivity index (χ4v) is 3.96. The standard InChI is InChI=1S/C21H29N3O4/c1-4-18(25)15-9-11-23(12-10-15)19(26)16-7-6-8-17(13-16)24-20(27)21(28,5-2)14(3)22-24/h6-8,13,15,18,25,28H,4-5,9-12H2,1-3H3/t18-,21+/m1/s1. The van der Waals surface area contributed by atoms with Crippen LogP contribution in [0.5, 0.6) is 0 Å². The highest BCUT2D eigenvalue weighted by Gasteiger charge is 2.46. The molecule has 0 radical (unpaired) electrons. The molecular weight excluding hydrogens is 358 g/mol. The molecule has 2 aliphatic rings. The summed E-state index contributed by atoms with van der Waals surface area (Å²) in [6.45, 7) is 6.56. The summed E-state index contributed by atoms with van der Waals surface area (Å²) in [4.78, 5) is 27.3. The van der Waals surface area contributed by atoms with Crippen LogP contribution < -0.4 is 5.01 Å². The lowest BCUT2D eigenvalue weighted by molar-refractivity contribution is -0.129. The van der Waals surface area contributed by atoms with Gasteiger partial charge >= 0.3 is 0 Å². The normalized spacial score (nSPS) is 24.5. The van der Waals surface area contributed by atoms with Gasteiger partial charge in [0.2, 0.25) is 0 Å². The maximum atomic E-state index is 12.9. The fourth-order valence-electron chi connectivity index (χ4n) is 3.96. The first-order chi connectivity index (χ1) is 13.3. The van der Waals surface area contributed by atoms with Crippen LogP contribution in [0.25, 0.3) is 0 Å². The topological polar surface area (TPSA) is 93.4 Å². The second-order valence-electron chi connectivity index (χ2n) is 7.67. The van der Waals surface area contributed by atoms with E-state index < -0.39 is 11.5 Å². The van der Waals surface area contributed by atoms with Crippen LogP contribution in [0, 0.1) is 5.92 Å². The van der Waals surface area contributed by atoms with Crippen molar-refractivity contribution < 1.29 is 19.8 Å². The minimum absolute atomic E-state index is 0.0932. The van der Waals surface area contributed by atoms with Crippen molar-refractivity contribution in [3.8, 4) is 0 Å². The summed E-state index contributed by atoms with van der Waals surface area (Å²) >= 11 is 0. The molecule has 2 amide bonds. The number of hydrogen-bond acceptors (Lipinski definition) is 5. The number of carbonyl (C=O) groups is 2. The SMILES string of the molecule is CC[C@@H](O)C1CCN(C(=O)c2cccc(N3N=C(C)[C@@](O)(CC)C3=O)c2)CC1. The molecule has 0 spiro atoms. The van der Waals surface area contributed by atoms with Gasteiger partial charge in [-0.3, -0.25) is 9.59 Å². The Morgan fingerprint density at radius 1 is 1.32 bits per heavy atom. The number of carbonyl (C=O) groups excluding carboxylic acids is 2. The number of aliphatic hydroxyl groups is 2. The molecule has 0 aliphatic carbocycles.